The summed E-state index contributed by atoms with van der Waals surface area (Å²) >= 11 is 0. The van der Waals surface area contributed by atoms with Crippen LogP contribution in [0.3, 0.4) is 0 Å². The highest BCUT2D eigenvalue weighted by atomic mass is 32.2. The Hall–Kier alpha value is -3.50. The van der Waals surface area contributed by atoms with E-state index in [4.69, 9.17) is 0 Å². The minimum atomic E-state index is -4.59. The average molecular weight is 532 g/mol. The van der Waals surface area contributed by atoms with Crippen LogP contribution in [0.5, 0.6) is 0 Å². The minimum Gasteiger partial charge on any atom is -0.272 e. The first kappa shape index (κ1) is 28.1. The molecule has 6 nitrogen and oxygen atoms in total. The third-order valence-electron chi connectivity index (χ3n) is 5.66. The molecule has 0 spiro atoms. The number of sulfonamides is 1. The Balaban J connectivity index is 1.88. The van der Waals surface area contributed by atoms with Gasteiger partial charge in [0, 0.05) is 12.1 Å². The second kappa shape index (κ2) is 11.3. The number of nitrogens with zero attached hydrogens (tertiary/aromatic N) is 2. The van der Waals surface area contributed by atoms with Gasteiger partial charge in [-0.05, 0) is 50.5 Å². The van der Waals surface area contributed by atoms with E-state index in [9.17, 15) is 26.4 Å². The van der Waals surface area contributed by atoms with E-state index >= 15 is 0 Å². The molecule has 3 aromatic carbocycles. The van der Waals surface area contributed by atoms with Gasteiger partial charge in [-0.15, -0.1) is 0 Å². The van der Waals surface area contributed by atoms with E-state index in [-0.39, 0.29) is 17.0 Å². The van der Waals surface area contributed by atoms with Crippen molar-refractivity contribution >= 4 is 22.1 Å². The summed E-state index contributed by atoms with van der Waals surface area (Å²) in [5.41, 5.74) is 4.70. The van der Waals surface area contributed by atoms with Crippen LogP contribution in [0.25, 0.3) is 0 Å². The lowest BCUT2D eigenvalue weighted by atomic mass is 10.1. The van der Waals surface area contributed by atoms with Gasteiger partial charge >= 0.3 is 6.18 Å². The van der Waals surface area contributed by atoms with Crippen molar-refractivity contribution in [2.24, 2.45) is 5.10 Å². The van der Waals surface area contributed by atoms with Crippen LogP contribution in [0, 0.1) is 27.7 Å². The molecule has 3 rings (SSSR count). The van der Waals surface area contributed by atoms with Crippen molar-refractivity contribution < 1.29 is 26.4 Å². The average Bonchev–Trinajstić information content (AvgIpc) is 2.79. The van der Waals surface area contributed by atoms with Crippen LogP contribution in [0.15, 0.2) is 70.7 Å². The SMILES string of the molecule is Cc1ccc(CN(CC(=O)N/N=C/c2ccccc2C(F)(F)F)S(=O)(=O)c2c(C)cc(C)cc2C)cc1. The number of carbonyl (C=O) groups is 1. The Bertz CT molecular complexity index is 1390. The van der Waals surface area contributed by atoms with Gasteiger partial charge in [0.15, 0.2) is 0 Å². The summed E-state index contributed by atoms with van der Waals surface area (Å²) in [5.74, 6) is -0.793. The third-order valence-corrected chi connectivity index (χ3v) is 7.76. The van der Waals surface area contributed by atoms with Crippen molar-refractivity contribution in [1.82, 2.24) is 9.73 Å². The van der Waals surface area contributed by atoms with E-state index < -0.39 is 34.2 Å². The standard InChI is InChI=1S/C27H28F3N3O3S/c1-18-9-11-22(12-10-18)16-33(37(35,36)26-20(3)13-19(2)14-21(26)4)17-25(34)32-31-15-23-7-5-6-8-24(23)27(28,29)30/h5-15H,16-17H2,1-4H3,(H,32,34)/b31-15+. The van der Waals surface area contributed by atoms with Crippen LogP contribution in [0.2, 0.25) is 0 Å². The highest BCUT2D eigenvalue weighted by Gasteiger charge is 2.33. The van der Waals surface area contributed by atoms with E-state index in [2.05, 4.69) is 10.5 Å². The number of alkyl halides is 3. The van der Waals surface area contributed by atoms with Crippen molar-refractivity contribution in [3.8, 4) is 0 Å². The molecule has 37 heavy (non-hydrogen) atoms. The molecular weight excluding hydrogens is 503 g/mol. The second-order valence-corrected chi connectivity index (χ2v) is 10.7. The molecule has 0 aliphatic carbocycles. The third kappa shape index (κ3) is 7.05. The summed E-state index contributed by atoms with van der Waals surface area (Å²) in [5, 5.41) is 3.64. The molecule has 0 bridgehead atoms. The van der Waals surface area contributed by atoms with Crippen LogP contribution >= 0.6 is 0 Å². The number of benzene rings is 3. The van der Waals surface area contributed by atoms with Crippen molar-refractivity contribution in [2.45, 2.75) is 45.3 Å². The van der Waals surface area contributed by atoms with E-state index in [0.717, 1.165) is 27.7 Å². The number of carbonyl (C=O) groups excluding carboxylic acids is 1. The maximum atomic E-state index is 13.7. The Morgan fingerprint density at radius 2 is 1.54 bits per heavy atom. The molecule has 0 saturated carbocycles. The Morgan fingerprint density at radius 1 is 0.946 bits per heavy atom. The fraction of sp³-hybridized carbons (Fsp3) is 0.259. The molecule has 0 fully saturated rings. The molecule has 0 aliphatic heterocycles. The number of amides is 1. The molecule has 196 valence electrons. The summed E-state index contributed by atoms with van der Waals surface area (Å²) in [6.45, 7) is 6.49. The summed E-state index contributed by atoms with van der Waals surface area (Å²) in [7, 11) is -4.11. The number of aryl methyl sites for hydroxylation is 4. The summed E-state index contributed by atoms with van der Waals surface area (Å²) in [6, 6.07) is 15.5. The first-order valence-electron chi connectivity index (χ1n) is 11.4. The van der Waals surface area contributed by atoms with Gasteiger partial charge in [0.2, 0.25) is 10.0 Å². The molecule has 3 aromatic rings. The maximum absolute atomic E-state index is 13.7. The van der Waals surface area contributed by atoms with Crippen molar-refractivity contribution in [3.63, 3.8) is 0 Å². The summed E-state index contributed by atoms with van der Waals surface area (Å²) in [6.07, 6.45) is -3.71. The molecule has 0 saturated heterocycles. The molecular formula is C27H28F3N3O3S. The second-order valence-electron chi connectivity index (χ2n) is 8.86. The van der Waals surface area contributed by atoms with E-state index in [1.165, 1.54) is 18.2 Å². The van der Waals surface area contributed by atoms with Gasteiger partial charge in [-0.3, -0.25) is 4.79 Å². The topological polar surface area (TPSA) is 78.8 Å². The predicted molar refractivity (Wildman–Crippen MR) is 137 cm³/mol. The van der Waals surface area contributed by atoms with Crippen molar-refractivity contribution in [2.75, 3.05) is 6.54 Å². The highest BCUT2D eigenvalue weighted by Crippen LogP contribution is 2.31. The molecule has 1 amide bonds. The van der Waals surface area contributed by atoms with Crippen molar-refractivity contribution in [3.05, 3.63) is 99.6 Å². The fourth-order valence-corrected chi connectivity index (χ4v) is 5.86. The van der Waals surface area contributed by atoms with Gasteiger partial charge in [0.05, 0.1) is 23.2 Å². The monoisotopic (exact) mass is 531 g/mol. The molecule has 10 heteroatoms. The van der Waals surface area contributed by atoms with Gasteiger partial charge in [-0.2, -0.15) is 22.6 Å². The maximum Gasteiger partial charge on any atom is 0.417 e. The molecule has 0 heterocycles. The number of hydrazone groups is 1. The van der Waals surface area contributed by atoms with Gasteiger partial charge in [-0.25, -0.2) is 13.8 Å². The van der Waals surface area contributed by atoms with Crippen LogP contribution in [0.4, 0.5) is 13.2 Å². The number of hydrogen-bond acceptors (Lipinski definition) is 4. The van der Waals surface area contributed by atoms with Gasteiger partial charge < -0.3 is 0 Å². The number of rotatable bonds is 8. The lowest BCUT2D eigenvalue weighted by Crippen LogP contribution is -2.39. The Labute approximate surface area is 214 Å². The number of nitrogens with one attached hydrogen (secondary N) is 1. The zero-order chi connectivity index (χ0) is 27.4. The Kier molecular flexibility index (Phi) is 8.55. The van der Waals surface area contributed by atoms with Gasteiger partial charge in [0.1, 0.15) is 0 Å². The summed E-state index contributed by atoms with van der Waals surface area (Å²) < 4.78 is 68.1. The number of hydrogen-bond donors (Lipinski definition) is 1. The molecule has 0 aliphatic rings. The molecule has 0 unspecified atom stereocenters. The first-order valence-corrected chi connectivity index (χ1v) is 12.8. The lowest BCUT2D eigenvalue weighted by molar-refractivity contribution is -0.137. The zero-order valence-corrected chi connectivity index (χ0v) is 21.7. The van der Waals surface area contributed by atoms with Crippen LogP contribution in [0.1, 0.15) is 38.9 Å². The van der Waals surface area contributed by atoms with Gasteiger partial charge in [0.25, 0.3) is 5.91 Å². The van der Waals surface area contributed by atoms with Crippen LogP contribution in [-0.2, 0) is 27.5 Å². The predicted octanol–water partition coefficient (Wildman–Crippen LogP) is 5.28. The fourth-order valence-electron chi connectivity index (χ4n) is 4.06. The quantitative estimate of drug-likeness (QED) is 0.317. The Morgan fingerprint density at radius 3 is 2.14 bits per heavy atom. The molecule has 0 radical (unpaired) electrons. The van der Waals surface area contributed by atoms with E-state index in [1.807, 2.05) is 26.0 Å². The van der Waals surface area contributed by atoms with Crippen LogP contribution < -0.4 is 5.43 Å². The molecule has 0 atom stereocenters. The van der Waals surface area contributed by atoms with Crippen LogP contribution in [-0.4, -0.2) is 31.4 Å². The minimum absolute atomic E-state index is 0.0799. The largest absolute Gasteiger partial charge is 0.417 e. The lowest BCUT2D eigenvalue weighted by Gasteiger charge is -2.24. The smallest absolute Gasteiger partial charge is 0.272 e. The van der Waals surface area contributed by atoms with E-state index in [0.29, 0.717) is 16.7 Å². The normalized spacial score (nSPS) is 12.3. The summed E-state index contributed by atoms with van der Waals surface area (Å²) in [4.78, 5) is 12.8. The zero-order valence-electron chi connectivity index (χ0n) is 20.9. The molecule has 0 aromatic heterocycles. The first-order chi connectivity index (χ1) is 17.3. The van der Waals surface area contributed by atoms with Crippen molar-refractivity contribution in [1.29, 1.82) is 0 Å². The molecule has 1 N–H and O–H groups in total. The van der Waals surface area contributed by atoms with E-state index in [1.54, 1.807) is 38.1 Å². The highest BCUT2D eigenvalue weighted by molar-refractivity contribution is 7.89. The number of halogens is 3. The van der Waals surface area contributed by atoms with Gasteiger partial charge in [-0.1, -0.05) is 65.7 Å².